The van der Waals surface area contributed by atoms with Gasteiger partial charge in [-0.05, 0) is 48.5 Å². The van der Waals surface area contributed by atoms with Gasteiger partial charge in [-0.25, -0.2) is 4.79 Å². The molecule has 2 aromatic rings. The summed E-state index contributed by atoms with van der Waals surface area (Å²) in [6, 6.07) is 9.37. The SMILES string of the molecule is O=C(OC(F)(F)C(F)F)c1ccc(N2CCN(C(=O)c3ccc(OC(F)(F)C(F)F)cc3)CC2)cc1. The number of hydrogen-bond acceptors (Lipinski definition) is 5. The minimum absolute atomic E-state index is 0.125. The lowest BCUT2D eigenvalue weighted by Gasteiger charge is -2.36. The number of carbonyl (C=O) groups is 2. The first kappa shape index (κ1) is 27.0. The number of piperazine rings is 1. The van der Waals surface area contributed by atoms with Crippen molar-refractivity contribution < 1.29 is 54.2 Å². The molecule has 0 aromatic heterocycles. The maximum atomic E-state index is 13.0. The van der Waals surface area contributed by atoms with Crippen LogP contribution in [0.3, 0.4) is 0 Å². The molecule has 36 heavy (non-hydrogen) atoms. The van der Waals surface area contributed by atoms with Gasteiger partial charge in [-0.2, -0.15) is 35.1 Å². The lowest BCUT2D eigenvalue weighted by molar-refractivity contribution is -0.269. The third-order valence-corrected chi connectivity index (χ3v) is 5.13. The molecule has 0 spiro atoms. The Morgan fingerprint density at radius 1 is 0.722 bits per heavy atom. The maximum Gasteiger partial charge on any atom is 0.463 e. The Kier molecular flexibility index (Phi) is 7.94. The van der Waals surface area contributed by atoms with Gasteiger partial charge in [0.05, 0.1) is 5.56 Å². The van der Waals surface area contributed by atoms with Crippen LogP contribution in [-0.4, -0.2) is 68.0 Å². The van der Waals surface area contributed by atoms with E-state index in [1.54, 1.807) is 0 Å². The van der Waals surface area contributed by atoms with E-state index >= 15 is 0 Å². The molecule has 0 atom stereocenters. The average Bonchev–Trinajstić information content (AvgIpc) is 2.83. The predicted octanol–water partition coefficient (Wildman–Crippen LogP) is 4.90. The fraction of sp³-hybridized carbons (Fsp3) is 0.364. The number of benzene rings is 2. The van der Waals surface area contributed by atoms with Crippen molar-refractivity contribution in [2.45, 2.75) is 25.1 Å². The zero-order valence-electron chi connectivity index (χ0n) is 18.2. The Hall–Kier alpha value is -3.58. The van der Waals surface area contributed by atoms with Crippen LogP contribution >= 0.6 is 0 Å². The summed E-state index contributed by atoms with van der Waals surface area (Å²) in [6.45, 7) is 1.15. The molecule has 196 valence electrons. The van der Waals surface area contributed by atoms with Gasteiger partial charge in [0, 0.05) is 37.4 Å². The third kappa shape index (κ3) is 6.34. The quantitative estimate of drug-likeness (QED) is 0.362. The lowest BCUT2D eigenvalue weighted by Crippen LogP contribution is -2.48. The number of ether oxygens (including phenoxy) is 2. The zero-order valence-corrected chi connectivity index (χ0v) is 18.2. The predicted molar refractivity (Wildman–Crippen MR) is 109 cm³/mol. The van der Waals surface area contributed by atoms with Crippen LogP contribution < -0.4 is 9.64 Å². The van der Waals surface area contributed by atoms with Crippen molar-refractivity contribution in [3.05, 3.63) is 59.7 Å². The van der Waals surface area contributed by atoms with Crippen LogP contribution in [0.4, 0.5) is 40.8 Å². The van der Waals surface area contributed by atoms with Gasteiger partial charge in [0.1, 0.15) is 5.75 Å². The molecule has 14 heteroatoms. The second kappa shape index (κ2) is 10.6. The molecule has 1 heterocycles. The number of nitrogens with zero attached hydrogens (tertiary/aromatic N) is 2. The van der Waals surface area contributed by atoms with Crippen molar-refractivity contribution >= 4 is 17.6 Å². The fourth-order valence-electron chi connectivity index (χ4n) is 3.25. The normalized spacial score (nSPS) is 14.8. The zero-order chi connectivity index (χ0) is 26.7. The van der Waals surface area contributed by atoms with Crippen molar-refractivity contribution in [1.82, 2.24) is 4.90 Å². The van der Waals surface area contributed by atoms with Crippen LogP contribution in [0.2, 0.25) is 0 Å². The van der Waals surface area contributed by atoms with Crippen molar-refractivity contribution in [3.8, 4) is 5.75 Å². The summed E-state index contributed by atoms with van der Waals surface area (Å²) in [5, 5.41) is 0. The van der Waals surface area contributed by atoms with E-state index in [2.05, 4.69) is 9.47 Å². The van der Waals surface area contributed by atoms with Crippen molar-refractivity contribution in [3.63, 3.8) is 0 Å². The van der Waals surface area contributed by atoms with E-state index in [0.717, 1.165) is 24.3 Å². The molecular weight excluding hydrogens is 508 g/mol. The molecule has 2 aromatic carbocycles. The van der Waals surface area contributed by atoms with Gasteiger partial charge in [0.2, 0.25) is 0 Å². The number of rotatable bonds is 8. The smallest absolute Gasteiger partial charge is 0.428 e. The van der Waals surface area contributed by atoms with Crippen LogP contribution in [0, 0.1) is 0 Å². The van der Waals surface area contributed by atoms with E-state index in [4.69, 9.17) is 0 Å². The van der Waals surface area contributed by atoms with E-state index in [-0.39, 0.29) is 24.2 Å². The minimum atomic E-state index is -4.91. The van der Waals surface area contributed by atoms with Gasteiger partial charge in [-0.1, -0.05) is 0 Å². The van der Waals surface area contributed by atoms with Crippen LogP contribution in [0.5, 0.6) is 5.75 Å². The largest absolute Gasteiger partial charge is 0.463 e. The van der Waals surface area contributed by atoms with Crippen LogP contribution in [0.15, 0.2) is 48.5 Å². The molecule has 3 rings (SSSR count). The molecule has 0 aliphatic carbocycles. The highest BCUT2D eigenvalue weighted by Crippen LogP contribution is 2.28. The summed E-state index contributed by atoms with van der Waals surface area (Å²) in [4.78, 5) is 27.6. The number of anilines is 1. The molecule has 1 fully saturated rings. The Morgan fingerprint density at radius 3 is 1.72 bits per heavy atom. The molecule has 0 bridgehead atoms. The average molecular weight is 526 g/mol. The number of alkyl halides is 8. The van der Waals surface area contributed by atoms with Crippen molar-refractivity contribution in [2.75, 3.05) is 31.1 Å². The van der Waals surface area contributed by atoms with Gasteiger partial charge in [0.15, 0.2) is 0 Å². The Labute approximate surface area is 199 Å². The number of carbonyl (C=O) groups excluding carboxylic acids is 2. The minimum Gasteiger partial charge on any atom is -0.428 e. The van der Waals surface area contributed by atoms with Crippen LogP contribution in [-0.2, 0) is 4.74 Å². The van der Waals surface area contributed by atoms with Crippen molar-refractivity contribution in [2.24, 2.45) is 0 Å². The Bertz CT molecular complexity index is 1060. The summed E-state index contributed by atoms with van der Waals surface area (Å²) in [5.74, 6) is -2.58. The van der Waals surface area contributed by atoms with Crippen molar-refractivity contribution in [1.29, 1.82) is 0 Å². The monoisotopic (exact) mass is 526 g/mol. The molecule has 0 N–H and O–H groups in total. The number of halogens is 8. The molecule has 0 radical (unpaired) electrons. The highest BCUT2D eigenvalue weighted by molar-refractivity contribution is 5.94. The second-order valence-electron chi connectivity index (χ2n) is 7.57. The first-order valence-corrected chi connectivity index (χ1v) is 10.3. The molecule has 0 unspecified atom stereocenters. The number of esters is 1. The Balaban J connectivity index is 1.55. The summed E-state index contributed by atoms with van der Waals surface area (Å²) in [5.41, 5.74) is 0.340. The highest BCUT2D eigenvalue weighted by atomic mass is 19.3. The Morgan fingerprint density at radius 2 is 1.22 bits per heavy atom. The molecular formula is C22H18F8N2O4. The first-order chi connectivity index (χ1) is 16.8. The summed E-state index contributed by atoms with van der Waals surface area (Å²) in [6.07, 6.45) is -17.8. The molecule has 1 amide bonds. The van der Waals surface area contributed by atoms with E-state index in [9.17, 15) is 44.7 Å². The van der Waals surface area contributed by atoms with E-state index in [1.165, 1.54) is 29.2 Å². The van der Waals surface area contributed by atoms with E-state index in [0.29, 0.717) is 18.8 Å². The summed E-state index contributed by atoms with van der Waals surface area (Å²) >= 11 is 0. The van der Waals surface area contributed by atoms with Gasteiger partial charge >= 0.3 is 31.0 Å². The summed E-state index contributed by atoms with van der Waals surface area (Å²) in [7, 11) is 0. The first-order valence-electron chi connectivity index (χ1n) is 10.3. The van der Waals surface area contributed by atoms with Gasteiger partial charge in [0.25, 0.3) is 5.91 Å². The van der Waals surface area contributed by atoms with Crippen LogP contribution in [0.1, 0.15) is 20.7 Å². The topological polar surface area (TPSA) is 59.1 Å². The fourth-order valence-corrected chi connectivity index (χ4v) is 3.25. The number of hydrogen-bond donors (Lipinski definition) is 0. The van der Waals surface area contributed by atoms with E-state index < -0.39 is 42.7 Å². The third-order valence-electron chi connectivity index (χ3n) is 5.13. The molecule has 1 aliphatic heterocycles. The standard InChI is InChI=1S/C22H18F8N2O4/c23-19(24)21(27,28)35-16-7-3-13(4-8-16)17(33)32-11-9-31(10-12-32)15-5-1-14(2-6-15)18(34)36-22(29,30)20(25)26/h1-8,19-20H,9-12H2. The molecule has 6 nitrogen and oxygen atoms in total. The number of amides is 1. The van der Waals surface area contributed by atoms with Gasteiger partial charge in [-0.15, -0.1) is 0 Å². The van der Waals surface area contributed by atoms with E-state index in [1.807, 2.05) is 4.90 Å². The summed E-state index contributed by atoms with van der Waals surface area (Å²) < 4.78 is 108. The molecule has 1 aliphatic rings. The molecule has 0 saturated carbocycles. The molecule has 1 saturated heterocycles. The van der Waals surface area contributed by atoms with Gasteiger partial charge in [-0.3, -0.25) is 4.79 Å². The lowest BCUT2D eigenvalue weighted by atomic mass is 10.1. The van der Waals surface area contributed by atoms with Crippen LogP contribution in [0.25, 0.3) is 0 Å². The van der Waals surface area contributed by atoms with Gasteiger partial charge < -0.3 is 19.3 Å². The highest BCUT2D eigenvalue weighted by Gasteiger charge is 2.46. The maximum absolute atomic E-state index is 13.0. The second-order valence-corrected chi connectivity index (χ2v) is 7.57.